The predicted octanol–water partition coefficient (Wildman–Crippen LogP) is 7.45. The molecule has 0 radical (unpaired) electrons. The van der Waals surface area contributed by atoms with E-state index in [9.17, 15) is 4.79 Å². The van der Waals surface area contributed by atoms with Crippen LogP contribution in [0.5, 0.6) is 0 Å². The molecule has 0 unspecified atom stereocenters. The van der Waals surface area contributed by atoms with Crippen molar-refractivity contribution in [2.24, 2.45) is 0 Å². The second-order valence-corrected chi connectivity index (χ2v) is 9.79. The van der Waals surface area contributed by atoms with Gasteiger partial charge in [-0.15, -0.1) is 11.3 Å². The molecule has 0 aliphatic heterocycles. The first kappa shape index (κ1) is 23.6. The Hall–Kier alpha value is -4.16. The number of hydrogen-bond acceptors (Lipinski definition) is 3. The van der Waals surface area contributed by atoms with E-state index in [0.29, 0.717) is 13.1 Å². The van der Waals surface area contributed by atoms with Crippen LogP contribution in [0.15, 0.2) is 103 Å². The van der Waals surface area contributed by atoms with Crippen LogP contribution >= 0.6 is 11.3 Å². The number of aromatic nitrogens is 2. The van der Waals surface area contributed by atoms with Crippen LogP contribution in [-0.4, -0.2) is 20.7 Å². The molecule has 5 nitrogen and oxygen atoms in total. The van der Waals surface area contributed by atoms with Gasteiger partial charge in [0.05, 0.1) is 17.1 Å². The molecular formula is C30H28N4OS. The number of benzene rings is 3. The van der Waals surface area contributed by atoms with Gasteiger partial charge in [-0.2, -0.15) is 5.10 Å². The van der Waals surface area contributed by atoms with Crippen molar-refractivity contribution < 1.29 is 4.79 Å². The maximum Gasteiger partial charge on any atom is 0.322 e. The van der Waals surface area contributed by atoms with Gasteiger partial charge in [0.25, 0.3) is 0 Å². The summed E-state index contributed by atoms with van der Waals surface area (Å²) in [5.74, 6) is 0. The summed E-state index contributed by atoms with van der Waals surface area (Å²) in [6.45, 7) is 4.97. The second kappa shape index (κ2) is 10.6. The smallest absolute Gasteiger partial charge is 0.316 e. The molecule has 0 atom stereocenters. The Morgan fingerprint density at radius 2 is 1.64 bits per heavy atom. The zero-order chi connectivity index (χ0) is 24.9. The highest BCUT2D eigenvalue weighted by molar-refractivity contribution is 7.13. The van der Waals surface area contributed by atoms with Crippen molar-refractivity contribution in [1.29, 1.82) is 0 Å². The van der Waals surface area contributed by atoms with Crippen molar-refractivity contribution in [3.63, 3.8) is 0 Å². The lowest BCUT2D eigenvalue weighted by atomic mass is 10.1. The lowest BCUT2D eigenvalue weighted by Crippen LogP contribution is -2.34. The number of anilines is 1. The fourth-order valence-corrected chi connectivity index (χ4v) is 4.83. The van der Waals surface area contributed by atoms with E-state index in [0.717, 1.165) is 38.6 Å². The molecule has 2 amide bonds. The first-order valence-corrected chi connectivity index (χ1v) is 12.8. The number of nitrogens with one attached hydrogen (secondary N) is 1. The van der Waals surface area contributed by atoms with Gasteiger partial charge in [0.1, 0.15) is 5.69 Å². The number of thiophene rings is 1. The number of urea groups is 1. The number of hydrogen-bond donors (Lipinski definition) is 1. The summed E-state index contributed by atoms with van der Waals surface area (Å²) in [5, 5.41) is 10.1. The molecule has 0 aliphatic rings. The van der Waals surface area contributed by atoms with E-state index >= 15 is 0 Å². The molecular weight excluding hydrogens is 464 g/mol. The van der Waals surface area contributed by atoms with E-state index in [-0.39, 0.29) is 6.03 Å². The number of aryl methyl sites for hydroxylation is 2. The third-order valence-corrected chi connectivity index (χ3v) is 6.97. The minimum Gasteiger partial charge on any atom is -0.316 e. The molecule has 0 spiro atoms. The fraction of sp³-hybridized carbons (Fsp3) is 0.133. The molecule has 1 N–H and O–H groups in total. The summed E-state index contributed by atoms with van der Waals surface area (Å²) in [5.41, 5.74) is 6.98. The van der Waals surface area contributed by atoms with E-state index in [4.69, 9.17) is 5.10 Å². The SMILES string of the molecule is Cc1ccc(CN(Cc2cn(-c3ccccc3)nc2-c2cccs2)C(=O)Nc2ccccc2C)cc1. The van der Waals surface area contributed by atoms with Crippen molar-refractivity contribution in [1.82, 2.24) is 14.7 Å². The van der Waals surface area contributed by atoms with Crippen molar-refractivity contribution in [3.8, 4) is 16.3 Å². The highest BCUT2D eigenvalue weighted by Crippen LogP contribution is 2.29. The number of rotatable bonds is 7. The van der Waals surface area contributed by atoms with Gasteiger partial charge in [-0.3, -0.25) is 0 Å². The van der Waals surface area contributed by atoms with Gasteiger partial charge in [-0.1, -0.05) is 72.3 Å². The molecule has 3 aromatic carbocycles. The van der Waals surface area contributed by atoms with Crippen LogP contribution in [-0.2, 0) is 13.1 Å². The fourth-order valence-electron chi connectivity index (χ4n) is 4.09. The summed E-state index contributed by atoms with van der Waals surface area (Å²) < 4.78 is 1.90. The van der Waals surface area contributed by atoms with Crippen LogP contribution in [0.4, 0.5) is 10.5 Å². The Morgan fingerprint density at radius 1 is 0.889 bits per heavy atom. The van der Waals surface area contributed by atoms with Crippen molar-refractivity contribution >= 4 is 23.1 Å². The van der Waals surface area contributed by atoms with E-state index in [1.807, 2.05) is 83.4 Å². The van der Waals surface area contributed by atoms with Gasteiger partial charge in [0, 0.05) is 24.0 Å². The van der Waals surface area contributed by atoms with Crippen LogP contribution in [0.3, 0.4) is 0 Å². The molecule has 0 aliphatic carbocycles. The number of carbonyl (C=O) groups excluding carboxylic acids is 1. The third kappa shape index (κ3) is 5.39. The van der Waals surface area contributed by atoms with Gasteiger partial charge in [0.2, 0.25) is 0 Å². The maximum absolute atomic E-state index is 13.6. The minimum absolute atomic E-state index is 0.144. The average molecular weight is 493 g/mol. The molecule has 0 saturated carbocycles. The summed E-state index contributed by atoms with van der Waals surface area (Å²) in [4.78, 5) is 16.5. The van der Waals surface area contributed by atoms with Gasteiger partial charge in [-0.05, 0) is 54.6 Å². The zero-order valence-electron chi connectivity index (χ0n) is 20.4. The first-order chi connectivity index (χ1) is 17.6. The highest BCUT2D eigenvalue weighted by atomic mass is 32.1. The predicted molar refractivity (Wildman–Crippen MR) is 148 cm³/mol. The second-order valence-electron chi connectivity index (χ2n) is 8.85. The van der Waals surface area contributed by atoms with E-state index < -0.39 is 0 Å². The molecule has 5 aromatic rings. The summed E-state index contributed by atoms with van der Waals surface area (Å²) in [6, 6.07) is 30.2. The summed E-state index contributed by atoms with van der Waals surface area (Å²) >= 11 is 1.65. The monoisotopic (exact) mass is 492 g/mol. The van der Waals surface area contributed by atoms with Crippen molar-refractivity contribution in [2.45, 2.75) is 26.9 Å². The van der Waals surface area contributed by atoms with Crippen LogP contribution < -0.4 is 5.32 Å². The number of para-hydroxylation sites is 2. The zero-order valence-corrected chi connectivity index (χ0v) is 21.2. The van der Waals surface area contributed by atoms with Crippen LogP contribution in [0.1, 0.15) is 22.3 Å². The van der Waals surface area contributed by atoms with Gasteiger partial charge in [0.15, 0.2) is 0 Å². The molecule has 2 aromatic heterocycles. The van der Waals surface area contributed by atoms with E-state index in [1.54, 1.807) is 11.3 Å². The molecule has 0 saturated heterocycles. The molecule has 180 valence electrons. The molecule has 0 fully saturated rings. The van der Waals surface area contributed by atoms with Crippen molar-refractivity contribution in [3.05, 3.63) is 125 Å². The molecule has 2 heterocycles. The topological polar surface area (TPSA) is 50.2 Å². The average Bonchev–Trinajstić information content (AvgIpc) is 3.57. The standard InChI is InChI=1S/C30H28N4OS/c1-22-14-16-24(17-15-22)19-33(30(35)31-27-12-7-6-9-23(27)2)20-25-21-34(26-10-4-3-5-11-26)32-29(25)28-13-8-18-36-28/h3-18,21H,19-20H2,1-2H3,(H,31,35). The lowest BCUT2D eigenvalue weighted by molar-refractivity contribution is 0.206. The summed E-state index contributed by atoms with van der Waals surface area (Å²) in [7, 11) is 0. The Bertz CT molecular complexity index is 1440. The van der Waals surface area contributed by atoms with Gasteiger partial charge >= 0.3 is 6.03 Å². The van der Waals surface area contributed by atoms with Crippen LogP contribution in [0, 0.1) is 13.8 Å². The normalized spacial score (nSPS) is 10.8. The van der Waals surface area contributed by atoms with Gasteiger partial charge < -0.3 is 10.2 Å². The highest BCUT2D eigenvalue weighted by Gasteiger charge is 2.21. The Morgan fingerprint density at radius 3 is 2.36 bits per heavy atom. The minimum atomic E-state index is -0.144. The van der Waals surface area contributed by atoms with Crippen molar-refractivity contribution in [2.75, 3.05) is 5.32 Å². The third-order valence-electron chi connectivity index (χ3n) is 6.09. The number of carbonyl (C=O) groups is 1. The Balaban J connectivity index is 1.50. The lowest BCUT2D eigenvalue weighted by Gasteiger charge is -2.24. The number of amides is 2. The van der Waals surface area contributed by atoms with Gasteiger partial charge in [-0.25, -0.2) is 9.48 Å². The van der Waals surface area contributed by atoms with E-state index in [1.165, 1.54) is 5.56 Å². The van der Waals surface area contributed by atoms with Crippen LogP contribution in [0.25, 0.3) is 16.3 Å². The summed E-state index contributed by atoms with van der Waals surface area (Å²) in [6.07, 6.45) is 2.04. The molecule has 36 heavy (non-hydrogen) atoms. The molecule has 0 bridgehead atoms. The molecule has 5 rings (SSSR count). The Kier molecular flexibility index (Phi) is 6.96. The molecule has 6 heteroatoms. The Labute approximate surface area is 215 Å². The van der Waals surface area contributed by atoms with E-state index in [2.05, 4.69) is 48.0 Å². The van der Waals surface area contributed by atoms with Crippen LogP contribution in [0.2, 0.25) is 0 Å². The first-order valence-electron chi connectivity index (χ1n) is 11.9. The largest absolute Gasteiger partial charge is 0.322 e. The number of nitrogens with zero attached hydrogens (tertiary/aromatic N) is 3. The quantitative estimate of drug-likeness (QED) is 0.256. The maximum atomic E-state index is 13.6.